The highest BCUT2D eigenvalue weighted by atomic mass is 16.5. The lowest BCUT2D eigenvalue weighted by Gasteiger charge is -2.28. The van der Waals surface area contributed by atoms with E-state index >= 15 is 0 Å². The van der Waals surface area contributed by atoms with Gasteiger partial charge in [-0.15, -0.1) is 0 Å². The number of ketones is 1. The van der Waals surface area contributed by atoms with Crippen molar-refractivity contribution in [3.63, 3.8) is 0 Å². The number of ether oxygens (including phenoxy) is 1. The first-order valence-electron chi connectivity index (χ1n) is 12.3. The lowest BCUT2D eigenvalue weighted by Crippen LogP contribution is -2.38. The second-order valence-electron chi connectivity index (χ2n) is 10.1. The molecule has 1 atom stereocenters. The molecule has 0 radical (unpaired) electrons. The van der Waals surface area contributed by atoms with Crippen molar-refractivity contribution in [3.05, 3.63) is 70.3 Å². The number of hydrogen-bond acceptors (Lipinski definition) is 5. The molecule has 0 aliphatic carbocycles. The number of likely N-dealkylation sites (tertiary alicyclic amines) is 1. The van der Waals surface area contributed by atoms with Gasteiger partial charge in [0.2, 0.25) is 0 Å². The number of carbonyl (C=O) groups is 2. The molecule has 1 amide bonds. The van der Waals surface area contributed by atoms with Crippen molar-refractivity contribution in [1.82, 2.24) is 9.80 Å². The smallest absolute Gasteiger partial charge is 0.295 e. The summed E-state index contributed by atoms with van der Waals surface area (Å²) in [6.45, 7) is 15.1. The third kappa shape index (κ3) is 5.43. The number of Topliss-reactive ketones (excluding diaryl/α,β-unsaturated/α-hetero) is 1. The van der Waals surface area contributed by atoms with Crippen molar-refractivity contribution in [3.8, 4) is 5.75 Å². The fraction of sp³-hybridized carbons (Fsp3) is 0.448. The summed E-state index contributed by atoms with van der Waals surface area (Å²) in [7, 11) is 1.58. The molecule has 1 aliphatic rings. The quantitative estimate of drug-likeness (QED) is 0.326. The Morgan fingerprint density at radius 1 is 1.09 bits per heavy atom. The predicted molar refractivity (Wildman–Crippen MR) is 140 cm³/mol. The molecule has 1 heterocycles. The molecular formula is C29H38N2O4. The Kier molecular flexibility index (Phi) is 8.06. The van der Waals surface area contributed by atoms with Crippen molar-refractivity contribution in [1.29, 1.82) is 0 Å². The van der Waals surface area contributed by atoms with Crippen LogP contribution >= 0.6 is 0 Å². The van der Waals surface area contributed by atoms with Crippen LogP contribution in [0.5, 0.6) is 5.75 Å². The van der Waals surface area contributed by atoms with E-state index in [0.29, 0.717) is 24.4 Å². The molecule has 188 valence electrons. The Labute approximate surface area is 209 Å². The van der Waals surface area contributed by atoms with Crippen molar-refractivity contribution < 1.29 is 19.4 Å². The first-order valence-corrected chi connectivity index (χ1v) is 12.3. The Morgan fingerprint density at radius 2 is 1.77 bits per heavy atom. The zero-order valence-corrected chi connectivity index (χ0v) is 22.0. The Hall–Kier alpha value is -3.12. The molecule has 3 rings (SSSR count). The van der Waals surface area contributed by atoms with Gasteiger partial charge in [0.25, 0.3) is 11.7 Å². The van der Waals surface area contributed by atoms with Crippen LogP contribution in [0.25, 0.3) is 5.76 Å². The largest absolute Gasteiger partial charge is 0.507 e. The summed E-state index contributed by atoms with van der Waals surface area (Å²) in [6.07, 6.45) is 0. The van der Waals surface area contributed by atoms with Crippen molar-refractivity contribution >= 4 is 17.4 Å². The van der Waals surface area contributed by atoms with Gasteiger partial charge in [-0.1, -0.05) is 58.9 Å². The maximum absolute atomic E-state index is 13.4. The van der Waals surface area contributed by atoms with Crippen LogP contribution in [-0.4, -0.2) is 59.9 Å². The third-order valence-electron chi connectivity index (χ3n) is 6.86. The minimum absolute atomic E-state index is 0.122. The molecule has 0 bridgehead atoms. The van der Waals surface area contributed by atoms with Gasteiger partial charge in [-0.3, -0.25) is 9.59 Å². The number of aryl methyl sites for hydroxylation is 1. The van der Waals surface area contributed by atoms with Gasteiger partial charge in [-0.25, -0.2) is 0 Å². The molecule has 6 nitrogen and oxygen atoms in total. The van der Waals surface area contributed by atoms with Gasteiger partial charge in [-0.05, 0) is 60.3 Å². The topological polar surface area (TPSA) is 70.1 Å². The van der Waals surface area contributed by atoms with E-state index in [-0.39, 0.29) is 16.7 Å². The van der Waals surface area contributed by atoms with E-state index in [4.69, 9.17) is 4.74 Å². The normalized spacial score (nSPS) is 17.9. The second-order valence-corrected chi connectivity index (χ2v) is 10.1. The lowest BCUT2D eigenvalue weighted by atomic mass is 9.84. The molecule has 1 aliphatic heterocycles. The number of amides is 1. The molecule has 0 aromatic heterocycles. The molecule has 1 fully saturated rings. The molecule has 6 heteroatoms. The van der Waals surface area contributed by atoms with Gasteiger partial charge >= 0.3 is 0 Å². The molecule has 1 unspecified atom stereocenters. The van der Waals surface area contributed by atoms with Crippen LogP contribution in [0, 0.1) is 6.92 Å². The molecule has 1 N–H and O–H groups in total. The van der Waals surface area contributed by atoms with E-state index in [1.165, 1.54) is 0 Å². The fourth-order valence-electron chi connectivity index (χ4n) is 4.55. The van der Waals surface area contributed by atoms with E-state index in [2.05, 4.69) is 39.5 Å². The van der Waals surface area contributed by atoms with Crippen molar-refractivity contribution in [2.24, 2.45) is 0 Å². The molecular weight excluding hydrogens is 440 g/mol. The second kappa shape index (κ2) is 10.6. The molecule has 0 spiro atoms. The maximum Gasteiger partial charge on any atom is 0.295 e. The van der Waals surface area contributed by atoms with Crippen LogP contribution in [0.2, 0.25) is 0 Å². The standard InChI is InChI=1S/C29H38N2O4/c1-8-30(9-2)15-16-31-25(20-11-10-12-22(17-20)35-7)24(27(33)28(31)34)26(32)23-18-21(29(4,5)6)14-13-19(23)3/h10-14,17-18,25,32H,8-9,15-16H2,1-7H3/b26-24+. The first-order chi connectivity index (χ1) is 16.5. The molecule has 2 aromatic rings. The summed E-state index contributed by atoms with van der Waals surface area (Å²) in [5.41, 5.74) is 3.18. The van der Waals surface area contributed by atoms with Crippen LogP contribution in [0.15, 0.2) is 48.0 Å². The Bertz CT molecular complexity index is 1130. The number of aliphatic hydroxyl groups excluding tert-OH is 1. The summed E-state index contributed by atoms with van der Waals surface area (Å²) in [4.78, 5) is 30.5. The van der Waals surface area contributed by atoms with Gasteiger partial charge in [-0.2, -0.15) is 0 Å². The zero-order chi connectivity index (χ0) is 25.9. The average Bonchev–Trinajstić information content (AvgIpc) is 3.08. The number of carbonyl (C=O) groups excluding carboxylic acids is 2. The number of likely N-dealkylation sites (N-methyl/N-ethyl adjacent to an activating group) is 1. The molecule has 35 heavy (non-hydrogen) atoms. The van der Waals surface area contributed by atoms with E-state index in [1.54, 1.807) is 12.0 Å². The van der Waals surface area contributed by atoms with Crippen LogP contribution in [-0.2, 0) is 15.0 Å². The monoisotopic (exact) mass is 478 g/mol. The van der Waals surface area contributed by atoms with Gasteiger partial charge < -0.3 is 19.6 Å². The number of methoxy groups -OCH3 is 1. The molecule has 1 saturated heterocycles. The summed E-state index contributed by atoms with van der Waals surface area (Å²) in [5, 5.41) is 11.6. The van der Waals surface area contributed by atoms with Gasteiger partial charge in [0.15, 0.2) is 0 Å². The SMILES string of the molecule is CCN(CC)CCN1C(=O)C(=O)/C(=C(/O)c2cc(C(C)(C)C)ccc2C)C1c1cccc(OC)c1. The number of hydrogen-bond donors (Lipinski definition) is 1. The summed E-state index contributed by atoms with van der Waals surface area (Å²) < 4.78 is 5.41. The van der Waals surface area contributed by atoms with Gasteiger partial charge in [0.1, 0.15) is 11.5 Å². The van der Waals surface area contributed by atoms with E-state index in [0.717, 1.165) is 29.8 Å². The molecule has 0 saturated carbocycles. The summed E-state index contributed by atoms with van der Waals surface area (Å²) in [6, 6.07) is 12.6. The minimum atomic E-state index is -0.696. The highest BCUT2D eigenvalue weighted by molar-refractivity contribution is 6.46. The van der Waals surface area contributed by atoms with Crippen LogP contribution < -0.4 is 4.74 Å². The first kappa shape index (κ1) is 26.5. The Morgan fingerprint density at radius 3 is 2.37 bits per heavy atom. The van der Waals surface area contributed by atoms with E-state index < -0.39 is 17.7 Å². The van der Waals surface area contributed by atoms with Gasteiger partial charge in [0.05, 0.1) is 18.7 Å². The van der Waals surface area contributed by atoms with Crippen LogP contribution in [0.1, 0.15) is 62.9 Å². The lowest BCUT2D eigenvalue weighted by molar-refractivity contribution is -0.140. The predicted octanol–water partition coefficient (Wildman–Crippen LogP) is 5.06. The average molecular weight is 479 g/mol. The summed E-state index contributed by atoms with van der Waals surface area (Å²) in [5.74, 6) is -0.751. The van der Waals surface area contributed by atoms with Gasteiger partial charge in [0, 0.05) is 18.7 Å². The minimum Gasteiger partial charge on any atom is -0.507 e. The highest BCUT2D eigenvalue weighted by Gasteiger charge is 2.46. The van der Waals surface area contributed by atoms with Crippen LogP contribution in [0.4, 0.5) is 0 Å². The third-order valence-corrected chi connectivity index (χ3v) is 6.86. The number of nitrogens with zero attached hydrogens (tertiary/aromatic N) is 2. The van der Waals surface area contributed by atoms with Crippen molar-refractivity contribution in [2.45, 2.75) is 53.0 Å². The van der Waals surface area contributed by atoms with Crippen molar-refractivity contribution in [2.75, 3.05) is 33.3 Å². The summed E-state index contributed by atoms with van der Waals surface area (Å²) >= 11 is 0. The Balaban J connectivity index is 2.20. The molecule has 2 aromatic carbocycles. The van der Waals surface area contributed by atoms with Crippen LogP contribution in [0.3, 0.4) is 0 Å². The number of benzene rings is 2. The maximum atomic E-state index is 13.4. The van der Waals surface area contributed by atoms with E-state index in [1.807, 2.05) is 49.4 Å². The highest BCUT2D eigenvalue weighted by Crippen LogP contribution is 2.41. The van der Waals surface area contributed by atoms with E-state index in [9.17, 15) is 14.7 Å². The fourth-order valence-corrected chi connectivity index (χ4v) is 4.55. The zero-order valence-electron chi connectivity index (χ0n) is 22.0. The number of aliphatic hydroxyl groups is 1. The number of rotatable bonds is 8.